The van der Waals surface area contributed by atoms with Crippen molar-refractivity contribution in [2.45, 2.75) is 18.1 Å². The molecular weight excluding hydrogens is 266 g/mol. The van der Waals surface area contributed by atoms with E-state index in [0.717, 1.165) is 5.69 Å². The molecular formula is C12H17N3O3S. The first-order valence-corrected chi connectivity index (χ1v) is 7.88. The van der Waals surface area contributed by atoms with Crippen LogP contribution >= 0.6 is 0 Å². The summed E-state index contributed by atoms with van der Waals surface area (Å²) in [7, 11) is -1.27. The number of sulfone groups is 1. The predicted octanol–water partition coefficient (Wildman–Crippen LogP) is 0.430. The number of hydrogen-bond acceptors (Lipinski definition) is 5. The Bertz CT molecular complexity index is 571. The van der Waals surface area contributed by atoms with Crippen LogP contribution in [0.1, 0.15) is 23.3 Å². The van der Waals surface area contributed by atoms with Crippen molar-refractivity contribution in [2.75, 3.05) is 24.7 Å². The van der Waals surface area contributed by atoms with Crippen molar-refractivity contribution in [3.05, 3.63) is 24.0 Å². The van der Waals surface area contributed by atoms with Crippen molar-refractivity contribution in [1.82, 2.24) is 10.3 Å². The van der Waals surface area contributed by atoms with Gasteiger partial charge in [0.25, 0.3) is 5.91 Å². The number of pyridine rings is 1. The molecule has 0 aromatic carbocycles. The molecule has 1 saturated heterocycles. The van der Waals surface area contributed by atoms with Crippen LogP contribution in [0.3, 0.4) is 0 Å². The molecule has 1 aliphatic heterocycles. The normalized spacial score (nSPS) is 21.0. The van der Waals surface area contributed by atoms with Gasteiger partial charge in [0.15, 0.2) is 9.84 Å². The van der Waals surface area contributed by atoms with E-state index in [1.807, 2.05) is 0 Å². The van der Waals surface area contributed by atoms with Gasteiger partial charge in [-0.25, -0.2) is 8.42 Å². The van der Waals surface area contributed by atoms with Crippen LogP contribution in [-0.4, -0.2) is 43.9 Å². The molecule has 6 nitrogen and oxygen atoms in total. The highest BCUT2D eigenvalue weighted by molar-refractivity contribution is 7.92. The number of amides is 1. The Morgan fingerprint density at radius 2 is 2.32 bits per heavy atom. The molecule has 0 radical (unpaired) electrons. The van der Waals surface area contributed by atoms with Gasteiger partial charge in [-0.15, -0.1) is 0 Å². The van der Waals surface area contributed by atoms with E-state index >= 15 is 0 Å². The lowest BCUT2D eigenvalue weighted by Gasteiger charge is -2.10. The molecule has 1 fully saturated rings. The lowest BCUT2D eigenvalue weighted by atomic mass is 10.2. The van der Waals surface area contributed by atoms with Crippen LogP contribution in [0.15, 0.2) is 18.3 Å². The fourth-order valence-electron chi connectivity index (χ4n) is 2.09. The van der Waals surface area contributed by atoms with Crippen molar-refractivity contribution < 1.29 is 13.2 Å². The molecule has 104 valence electrons. The molecule has 1 aromatic rings. The Labute approximate surface area is 112 Å². The molecule has 2 rings (SSSR count). The molecule has 0 saturated carbocycles. The summed E-state index contributed by atoms with van der Waals surface area (Å²) in [5.74, 6) is -0.125. The van der Waals surface area contributed by atoms with Crippen LogP contribution in [-0.2, 0) is 9.84 Å². The molecule has 2 heterocycles. The Kier molecular flexibility index (Phi) is 4.04. The first-order chi connectivity index (χ1) is 9.03. The maximum Gasteiger partial charge on any atom is 0.269 e. The third kappa shape index (κ3) is 3.23. The van der Waals surface area contributed by atoms with Gasteiger partial charge in [0.2, 0.25) is 0 Å². The Morgan fingerprint density at radius 3 is 2.95 bits per heavy atom. The zero-order chi connectivity index (χ0) is 13.9. The molecule has 2 N–H and O–H groups in total. The van der Waals surface area contributed by atoms with Crippen molar-refractivity contribution in [3.63, 3.8) is 0 Å². The fraction of sp³-hybridized carbons (Fsp3) is 0.500. The van der Waals surface area contributed by atoms with Gasteiger partial charge >= 0.3 is 0 Å². The van der Waals surface area contributed by atoms with E-state index in [2.05, 4.69) is 15.6 Å². The quantitative estimate of drug-likeness (QED) is 0.836. The summed E-state index contributed by atoms with van der Waals surface area (Å²) in [4.78, 5) is 15.9. The van der Waals surface area contributed by atoms with E-state index in [1.54, 1.807) is 19.2 Å². The molecule has 0 bridgehead atoms. The van der Waals surface area contributed by atoms with Crippen LogP contribution < -0.4 is 10.6 Å². The maximum atomic E-state index is 11.9. The molecule has 1 aliphatic rings. The second-order valence-electron chi connectivity index (χ2n) is 4.52. The van der Waals surface area contributed by atoms with E-state index in [9.17, 15) is 13.2 Å². The van der Waals surface area contributed by atoms with Crippen LogP contribution in [0.2, 0.25) is 0 Å². The highest BCUT2D eigenvalue weighted by Crippen LogP contribution is 2.19. The van der Waals surface area contributed by atoms with Gasteiger partial charge in [0.05, 0.1) is 11.0 Å². The molecule has 7 heteroatoms. The van der Waals surface area contributed by atoms with E-state index in [0.29, 0.717) is 12.8 Å². The van der Waals surface area contributed by atoms with Crippen LogP contribution in [0.25, 0.3) is 0 Å². The fourth-order valence-corrected chi connectivity index (χ4v) is 3.86. The molecule has 0 spiro atoms. The summed E-state index contributed by atoms with van der Waals surface area (Å²) >= 11 is 0. The van der Waals surface area contributed by atoms with Crippen LogP contribution in [0.4, 0.5) is 5.69 Å². The number of carbonyl (C=O) groups is 1. The molecule has 1 unspecified atom stereocenters. The highest BCUT2D eigenvalue weighted by atomic mass is 32.2. The predicted molar refractivity (Wildman–Crippen MR) is 72.9 cm³/mol. The Hall–Kier alpha value is -1.63. The SMILES string of the molecule is CNc1ccnc(C(=O)NCC2CCCS2(=O)=O)c1. The lowest BCUT2D eigenvalue weighted by Crippen LogP contribution is -2.34. The van der Waals surface area contributed by atoms with E-state index in [-0.39, 0.29) is 23.9 Å². The van der Waals surface area contributed by atoms with Gasteiger partial charge in [-0.05, 0) is 25.0 Å². The van der Waals surface area contributed by atoms with Crippen molar-refractivity contribution in [1.29, 1.82) is 0 Å². The average molecular weight is 283 g/mol. The summed E-state index contributed by atoms with van der Waals surface area (Å²) in [5.41, 5.74) is 1.07. The summed E-state index contributed by atoms with van der Waals surface area (Å²) < 4.78 is 23.3. The minimum atomic E-state index is -3.03. The minimum absolute atomic E-state index is 0.159. The second kappa shape index (κ2) is 5.56. The molecule has 0 aliphatic carbocycles. The second-order valence-corrected chi connectivity index (χ2v) is 6.92. The summed E-state index contributed by atoms with van der Waals surface area (Å²) in [5, 5.41) is 5.10. The standard InChI is InChI=1S/C12H17N3O3S/c1-13-9-4-5-14-11(7-9)12(16)15-8-10-3-2-6-19(10,17)18/h4-5,7,10H,2-3,6,8H2,1H3,(H,13,14)(H,15,16). The average Bonchev–Trinajstić information content (AvgIpc) is 2.75. The largest absolute Gasteiger partial charge is 0.388 e. The third-order valence-corrected chi connectivity index (χ3v) is 5.51. The van der Waals surface area contributed by atoms with E-state index < -0.39 is 15.1 Å². The van der Waals surface area contributed by atoms with Crippen molar-refractivity contribution in [3.8, 4) is 0 Å². The first-order valence-electron chi connectivity index (χ1n) is 6.16. The van der Waals surface area contributed by atoms with Crippen LogP contribution in [0, 0.1) is 0 Å². The Morgan fingerprint density at radius 1 is 1.53 bits per heavy atom. The smallest absolute Gasteiger partial charge is 0.269 e. The number of hydrogen-bond donors (Lipinski definition) is 2. The van der Waals surface area contributed by atoms with Gasteiger partial charge in [0, 0.05) is 25.5 Å². The lowest BCUT2D eigenvalue weighted by molar-refractivity contribution is 0.0948. The summed E-state index contributed by atoms with van der Waals surface area (Å²) in [6.07, 6.45) is 2.83. The first kappa shape index (κ1) is 13.8. The van der Waals surface area contributed by atoms with Crippen LogP contribution in [0.5, 0.6) is 0 Å². The molecule has 19 heavy (non-hydrogen) atoms. The van der Waals surface area contributed by atoms with Crippen molar-refractivity contribution >= 4 is 21.4 Å². The van der Waals surface area contributed by atoms with Gasteiger partial charge < -0.3 is 10.6 Å². The topological polar surface area (TPSA) is 88.2 Å². The highest BCUT2D eigenvalue weighted by Gasteiger charge is 2.31. The zero-order valence-corrected chi connectivity index (χ0v) is 11.5. The van der Waals surface area contributed by atoms with Gasteiger partial charge in [-0.2, -0.15) is 0 Å². The number of anilines is 1. The van der Waals surface area contributed by atoms with E-state index in [4.69, 9.17) is 0 Å². The monoisotopic (exact) mass is 283 g/mol. The number of rotatable bonds is 4. The van der Waals surface area contributed by atoms with Gasteiger partial charge in [-0.1, -0.05) is 0 Å². The maximum absolute atomic E-state index is 11.9. The number of nitrogens with one attached hydrogen (secondary N) is 2. The molecule has 1 atom stereocenters. The van der Waals surface area contributed by atoms with Gasteiger partial charge in [0.1, 0.15) is 5.69 Å². The molecule has 1 aromatic heterocycles. The number of nitrogens with zero attached hydrogens (tertiary/aromatic N) is 1. The zero-order valence-electron chi connectivity index (χ0n) is 10.7. The van der Waals surface area contributed by atoms with Crippen molar-refractivity contribution in [2.24, 2.45) is 0 Å². The number of aromatic nitrogens is 1. The van der Waals surface area contributed by atoms with E-state index in [1.165, 1.54) is 6.20 Å². The summed E-state index contributed by atoms with van der Waals surface area (Å²) in [6, 6.07) is 3.37. The number of carbonyl (C=O) groups excluding carboxylic acids is 1. The Balaban J connectivity index is 1.98. The minimum Gasteiger partial charge on any atom is -0.388 e. The summed E-state index contributed by atoms with van der Waals surface area (Å²) in [6.45, 7) is 0.159. The molecule has 1 amide bonds. The van der Waals surface area contributed by atoms with Gasteiger partial charge in [-0.3, -0.25) is 9.78 Å². The third-order valence-electron chi connectivity index (χ3n) is 3.23.